The Morgan fingerprint density at radius 2 is 2.02 bits per heavy atom. The molecule has 0 saturated carbocycles. The quantitative estimate of drug-likeness (QED) is 0.343. The highest BCUT2D eigenvalue weighted by atomic mass is 16.5. The molecule has 5 rings (SSSR count). The summed E-state index contributed by atoms with van der Waals surface area (Å²) in [6.07, 6.45) is 3.91. The lowest BCUT2D eigenvalue weighted by Crippen LogP contribution is -2.40. The van der Waals surface area contributed by atoms with E-state index in [0.29, 0.717) is 36.9 Å². The van der Waals surface area contributed by atoms with E-state index in [4.69, 9.17) is 14.5 Å². The summed E-state index contributed by atoms with van der Waals surface area (Å²) in [6.45, 7) is 5.04. The first-order valence-corrected chi connectivity index (χ1v) is 14.0. The van der Waals surface area contributed by atoms with Gasteiger partial charge in [-0.25, -0.2) is 9.97 Å². The van der Waals surface area contributed by atoms with Gasteiger partial charge in [0.2, 0.25) is 11.9 Å². The molecule has 10 heteroatoms. The zero-order valence-electron chi connectivity index (χ0n) is 23.7. The molecule has 1 aromatic heterocycles. The van der Waals surface area contributed by atoms with Crippen molar-refractivity contribution < 1.29 is 24.2 Å². The third kappa shape index (κ3) is 6.34. The Morgan fingerprint density at radius 1 is 1.22 bits per heavy atom. The molecule has 1 unspecified atom stereocenters. The summed E-state index contributed by atoms with van der Waals surface area (Å²) >= 11 is 0. The largest absolute Gasteiger partial charge is 0.497 e. The van der Waals surface area contributed by atoms with Gasteiger partial charge in [0.15, 0.2) is 0 Å². The van der Waals surface area contributed by atoms with Gasteiger partial charge in [-0.2, -0.15) is 0 Å². The van der Waals surface area contributed by atoms with E-state index in [1.54, 1.807) is 18.2 Å². The van der Waals surface area contributed by atoms with Gasteiger partial charge in [-0.05, 0) is 68.0 Å². The van der Waals surface area contributed by atoms with Crippen molar-refractivity contribution >= 4 is 17.8 Å². The summed E-state index contributed by atoms with van der Waals surface area (Å²) in [7, 11) is 1.60. The Morgan fingerprint density at radius 3 is 2.78 bits per heavy atom. The average molecular weight is 560 g/mol. The maximum Gasteiger partial charge on any atom is 0.255 e. The molecule has 0 bridgehead atoms. The minimum Gasteiger partial charge on any atom is -0.497 e. The van der Waals surface area contributed by atoms with Gasteiger partial charge in [0, 0.05) is 43.2 Å². The van der Waals surface area contributed by atoms with Crippen LogP contribution in [0.15, 0.2) is 48.7 Å². The summed E-state index contributed by atoms with van der Waals surface area (Å²) < 4.78 is 10.7. The first-order valence-electron chi connectivity index (χ1n) is 14.0. The molecule has 1 saturated heterocycles. The fourth-order valence-electron chi connectivity index (χ4n) is 5.52. The van der Waals surface area contributed by atoms with E-state index < -0.39 is 6.04 Å². The van der Waals surface area contributed by atoms with Gasteiger partial charge in [0.1, 0.15) is 12.3 Å². The molecule has 3 N–H and O–H groups in total. The molecule has 2 amide bonds. The summed E-state index contributed by atoms with van der Waals surface area (Å²) in [5, 5.41) is 16.2. The van der Waals surface area contributed by atoms with Crippen molar-refractivity contribution in [2.75, 3.05) is 38.8 Å². The first kappa shape index (κ1) is 28.5. The van der Waals surface area contributed by atoms with Crippen molar-refractivity contribution in [3.8, 4) is 17.0 Å². The number of carbonyl (C=O) groups is 2. The summed E-state index contributed by atoms with van der Waals surface area (Å²) in [4.78, 5) is 37.5. The van der Waals surface area contributed by atoms with Crippen LogP contribution in [-0.2, 0) is 9.53 Å². The highest BCUT2D eigenvalue weighted by Gasteiger charge is 2.37. The van der Waals surface area contributed by atoms with Crippen molar-refractivity contribution in [2.24, 2.45) is 0 Å². The highest BCUT2D eigenvalue weighted by Crippen LogP contribution is 2.38. The second kappa shape index (κ2) is 12.7. The van der Waals surface area contributed by atoms with Gasteiger partial charge in [0.05, 0.1) is 24.9 Å². The molecule has 0 radical (unpaired) electrons. The number of rotatable bonds is 10. The molecule has 1 fully saturated rings. The molecule has 2 aliphatic rings. The molecule has 216 valence electrons. The number of hydrogen-bond acceptors (Lipinski definition) is 8. The third-order valence-electron chi connectivity index (χ3n) is 7.77. The number of nitrogens with zero attached hydrogens (tertiary/aromatic N) is 3. The minimum atomic E-state index is -0.397. The number of carbonyl (C=O) groups excluding carboxylic acids is 2. The van der Waals surface area contributed by atoms with Crippen LogP contribution in [0.25, 0.3) is 11.3 Å². The predicted octanol–water partition coefficient (Wildman–Crippen LogP) is 3.81. The van der Waals surface area contributed by atoms with Gasteiger partial charge in [-0.1, -0.05) is 24.3 Å². The van der Waals surface area contributed by atoms with Crippen LogP contribution in [0.1, 0.15) is 65.3 Å². The lowest BCUT2D eigenvalue weighted by atomic mass is 9.98. The number of ether oxygens (including phenoxy) is 2. The van der Waals surface area contributed by atoms with E-state index in [1.807, 2.05) is 56.3 Å². The number of methoxy groups -OCH3 is 1. The van der Waals surface area contributed by atoms with Gasteiger partial charge >= 0.3 is 0 Å². The number of benzene rings is 2. The number of aliphatic hydroxyl groups is 1. The molecule has 3 aromatic rings. The Kier molecular flexibility index (Phi) is 8.80. The monoisotopic (exact) mass is 559 g/mol. The zero-order valence-corrected chi connectivity index (χ0v) is 23.7. The Labute approximate surface area is 240 Å². The van der Waals surface area contributed by atoms with Crippen LogP contribution >= 0.6 is 0 Å². The lowest BCUT2D eigenvalue weighted by Gasteiger charge is -2.25. The molecular formula is C31H37N5O5. The van der Waals surface area contributed by atoms with Gasteiger partial charge in [0.25, 0.3) is 5.91 Å². The number of nitrogens with one attached hydrogen (secondary N) is 2. The van der Waals surface area contributed by atoms with E-state index >= 15 is 0 Å². The van der Waals surface area contributed by atoms with Crippen LogP contribution in [0.5, 0.6) is 5.75 Å². The number of aliphatic hydroxyl groups excluding tert-OH is 1. The van der Waals surface area contributed by atoms with Crippen LogP contribution in [-0.4, -0.2) is 71.3 Å². The number of anilines is 1. The summed E-state index contributed by atoms with van der Waals surface area (Å²) in [5.41, 5.74) is 4.65. The maximum atomic E-state index is 13.6. The molecule has 10 nitrogen and oxygen atoms in total. The average Bonchev–Trinajstić information content (AvgIpc) is 3.24. The molecular weight excluding hydrogens is 522 g/mol. The van der Waals surface area contributed by atoms with E-state index in [9.17, 15) is 14.7 Å². The number of aryl methyl sites for hydroxylation is 1. The van der Waals surface area contributed by atoms with E-state index in [-0.39, 0.29) is 37.0 Å². The Hall–Kier alpha value is -4.02. The summed E-state index contributed by atoms with van der Waals surface area (Å²) in [6, 6.07) is 12.8. The standard InChI is InChI=1S/C31H37N5O5/c1-19-17-32-31(34-23-10-13-41-14-11-23)35-29(19)22-7-8-25-26(16-22)30(39)36(27(25)9-12-37)18-28(38)33-20(2)21-5-4-6-24(15-21)40-3/h4-8,15-17,20,23,27,37H,9-14,18H2,1-3H3,(H,33,38)(H,32,34,35)/t20-,27?/m1/s1. The van der Waals surface area contributed by atoms with Crippen LogP contribution in [0, 0.1) is 6.92 Å². The third-order valence-corrected chi connectivity index (χ3v) is 7.77. The van der Waals surface area contributed by atoms with E-state index in [0.717, 1.165) is 40.8 Å². The maximum absolute atomic E-state index is 13.6. The van der Waals surface area contributed by atoms with Gasteiger partial charge in [-0.15, -0.1) is 0 Å². The summed E-state index contributed by atoms with van der Waals surface area (Å²) in [5.74, 6) is 0.737. The molecule has 0 aliphatic carbocycles. The molecule has 3 heterocycles. The number of amides is 2. The number of aromatic nitrogens is 2. The van der Waals surface area contributed by atoms with Crippen LogP contribution < -0.4 is 15.4 Å². The SMILES string of the molecule is COc1cccc([C@@H](C)NC(=O)CN2C(=O)c3cc(-c4nc(NC5CCOCC5)ncc4C)ccc3C2CCO)c1. The van der Waals surface area contributed by atoms with Gasteiger partial charge < -0.3 is 30.1 Å². The van der Waals surface area contributed by atoms with Crippen molar-refractivity contribution in [2.45, 2.75) is 51.2 Å². The zero-order chi connectivity index (χ0) is 28.9. The van der Waals surface area contributed by atoms with Crippen LogP contribution in [0.3, 0.4) is 0 Å². The van der Waals surface area contributed by atoms with Crippen LogP contribution in [0.2, 0.25) is 0 Å². The van der Waals surface area contributed by atoms with Crippen molar-refractivity contribution in [1.82, 2.24) is 20.2 Å². The normalized spacial score (nSPS) is 17.7. The Balaban J connectivity index is 1.34. The minimum absolute atomic E-state index is 0.107. The second-order valence-electron chi connectivity index (χ2n) is 10.6. The lowest BCUT2D eigenvalue weighted by molar-refractivity contribution is -0.122. The van der Waals surface area contributed by atoms with Crippen molar-refractivity contribution in [3.05, 3.63) is 70.9 Å². The van der Waals surface area contributed by atoms with E-state index in [1.165, 1.54) is 0 Å². The molecule has 2 atom stereocenters. The number of fused-ring (bicyclic) bond motifs is 1. The van der Waals surface area contributed by atoms with E-state index in [2.05, 4.69) is 15.6 Å². The topological polar surface area (TPSA) is 126 Å². The van der Waals surface area contributed by atoms with Gasteiger partial charge in [-0.3, -0.25) is 9.59 Å². The first-order chi connectivity index (χ1) is 19.9. The second-order valence-corrected chi connectivity index (χ2v) is 10.6. The fraction of sp³-hybridized carbons (Fsp3) is 0.419. The smallest absolute Gasteiger partial charge is 0.255 e. The van der Waals surface area contributed by atoms with Crippen molar-refractivity contribution in [1.29, 1.82) is 0 Å². The van der Waals surface area contributed by atoms with Crippen LogP contribution in [0.4, 0.5) is 5.95 Å². The Bertz CT molecular complexity index is 1410. The number of hydrogen-bond donors (Lipinski definition) is 3. The molecule has 41 heavy (non-hydrogen) atoms. The fourth-order valence-corrected chi connectivity index (χ4v) is 5.52. The predicted molar refractivity (Wildman–Crippen MR) is 155 cm³/mol. The van der Waals surface area contributed by atoms with Crippen molar-refractivity contribution in [3.63, 3.8) is 0 Å². The highest BCUT2D eigenvalue weighted by molar-refractivity contribution is 6.02. The molecule has 2 aliphatic heterocycles. The molecule has 2 aromatic carbocycles. The molecule has 0 spiro atoms.